The molecular weight excluding hydrogens is 286 g/mol. The first-order valence-electron chi connectivity index (χ1n) is 6.80. The monoisotopic (exact) mass is 307 g/mol. The summed E-state index contributed by atoms with van der Waals surface area (Å²) in [6.07, 6.45) is 0. The van der Waals surface area contributed by atoms with Gasteiger partial charge in [-0.2, -0.15) is 0 Å². The number of hydrogen-bond acceptors (Lipinski definition) is 5. The summed E-state index contributed by atoms with van der Waals surface area (Å²) in [7, 11) is 1.62. The van der Waals surface area contributed by atoms with Crippen LogP contribution in [-0.2, 0) is 23.6 Å². The highest BCUT2D eigenvalue weighted by atomic mass is 32.1. The van der Waals surface area contributed by atoms with Crippen molar-refractivity contribution in [1.82, 2.24) is 4.98 Å². The molecule has 2 aromatic rings. The maximum atomic E-state index is 10.2. The Morgan fingerprint density at radius 3 is 2.67 bits per heavy atom. The van der Waals surface area contributed by atoms with Crippen LogP contribution in [0.5, 0.6) is 5.75 Å². The SMILES string of the molecule is COCc1nc(COc2cccc(C)c2)sc1C(C)(C)O. The van der Waals surface area contributed by atoms with Crippen LogP contribution in [0.15, 0.2) is 24.3 Å². The van der Waals surface area contributed by atoms with Gasteiger partial charge in [-0.25, -0.2) is 4.98 Å². The molecule has 114 valence electrons. The van der Waals surface area contributed by atoms with Gasteiger partial charge in [0.05, 0.1) is 22.8 Å². The van der Waals surface area contributed by atoms with Gasteiger partial charge in [0.2, 0.25) is 0 Å². The summed E-state index contributed by atoms with van der Waals surface area (Å²) in [4.78, 5) is 5.34. The molecule has 0 saturated heterocycles. The van der Waals surface area contributed by atoms with Crippen molar-refractivity contribution >= 4 is 11.3 Å². The average Bonchev–Trinajstić information content (AvgIpc) is 2.80. The average molecular weight is 307 g/mol. The number of thiazole rings is 1. The smallest absolute Gasteiger partial charge is 0.140 e. The molecule has 0 radical (unpaired) electrons. The molecule has 0 bridgehead atoms. The Kier molecular flexibility index (Phi) is 4.98. The van der Waals surface area contributed by atoms with Crippen LogP contribution in [0.1, 0.15) is 35.0 Å². The van der Waals surface area contributed by atoms with E-state index in [1.165, 1.54) is 11.3 Å². The van der Waals surface area contributed by atoms with Crippen molar-refractivity contribution in [1.29, 1.82) is 0 Å². The predicted octanol–water partition coefficient (Wildman–Crippen LogP) is 3.40. The zero-order chi connectivity index (χ0) is 15.5. The Hall–Kier alpha value is -1.43. The Balaban J connectivity index is 2.13. The second-order valence-electron chi connectivity index (χ2n) is 5.48. The molecule has 1 heterocycles. The molecule has 0 atom stereocenters. The van der Waals surface area contributed by atoms with E-state index in [4.69, 9.17) is 9.47 Å². The number of aryl methyl sites for hydroxylation is 1. The molecule has 0 unspecified atom stereocenters. The fourth-order valence-corrected chi connectivity index (χ4v) is 3.01. The summed E-state index contributed by atoms with van der Waals surface area (Å²) in [5, 5.41) is 11.0. The molecule has 1 aromatic heterocycles. The van der Waals surface area contributed by atoms with Crippen LogP contribution in [0, 0.1) is 6.92 Å². The van der Waals surface area contributed by atoms with Gasteiger partial charge >= 0.3 is 0 Å². The maximum Gasteiger partial charge on any atom is 0.140 e. The largest absolute Gasteiger partial charge is 0.486 e. The predicted molar refractivity (Wildman–Crippen MR) is 83.6 cm³/mol. The molecule has 0 spiro atoms. The van der Waals surface area contributed by atoms with E-state index in [0.29, 0.717) is 13.2 Å². The summed E-state index contributed by atoms with van der Waals surface area (Å²) in [6.45, 7) is 6.32. The van der Waals surface area contributed by atoms with Crippen molar-refractivity contribution in [3.05, 3.63) is 45.4 Å². The van der Waals surface area contributed by atoms with Gasteiger partial charge in [-0.05, 0) is 38.5 Å². The third-order valence-electron chi connectivity index (χ3n) is 2.93. The number of rotatable bonds is 6. The molecule has 0 amide bonds. The molecule has 4 nitrogen and oxygen atoms in total. The Morgan fingerprint density at radius 2 is 2.05 bits per heavy atom. The third-order valence-corrected chi connectivity index (χ3v) is 4.31. The molecule has 0 aliphatic carbocycles. The van der Waals surface area contributed by atoms with Crippen LogP contribution in [0.4, 0.5) is 0 Å². The number of hydrogen-bond donors (Lipinski definition) is 1. The van der Waals surface area contributed by atoms with Gasteiger partial charge in [0.25, 0.3) is 0 Å². The third kappa shape index (κ3) is 4.27. The van der Waals surface area contributed by atoms with Crippen LogP contribution < -0.4 is 4.74 Å². The summed E-state index contributed by atoms with van der Waals surface area (Å²) in [5.74, 6) is 0.823. The van der Waals surface area contributed by atoms with Gasteiger partial charge in [0, 0.05) is 7.11 Å². The molecule has 1 aromatic carbocycles. The van der Waals surface area contributed by atoms with E-state index in [2.05, 4.69) is 4.98 Å². The number of benzene rings is 1. The molecule has 0 saturated carbocycles. The number of ether oxygens (including phenoxy) is 2. The zero-order valence-corrected chi connectivity index (χ0v) is 13.7. The number of methoxy groups -OCH3 is 1. The molecular formula is C16H21NO3S. The minimum atomic E-state index is -0.923. The minimum Gasteiger partial charge on any atom is -0.486 e. The second-order valence-corrected chi connectivity index (χ2v) is 6.56. The lowest BCUT2D eigenvalue weighted by molar-refractivity contribution is 0.0782. The summed E-state index contributed by atoms with van der Waals surface area (Å²) in [5.41, 5.74) is 1.01. The topological polar surface area (TPSA) is 51.6 Å². The van der Waals surface area contributed by atoms with Gasteiger partial charge in [0.15, 0.2) is 0 Å². The highest BCUT2D eigenvalue weighted by Gasteiger charge is 2.25. The normalized spacial score (nSPS) is 11.7. The first-order valence-corrected chi connectivity index (χ1v) is 7.61. The van der Waals surface area contributed by atoms with Gasteiger partial charge in [-0.1, -0.05) is 12.1 Å². The second kappa shape index (κ2) is 6.56. The van der Waals surface area contributed by atoms with Crippen molar-refractivity contribution in [3.63, 3.8) is 0 Å². The Bertz CT molecular complexity index is 602. The first-order chi connectivity index (χ1) is 9.90. The molecule has 5 heteroatoms. The molecule has 21 heavy (non-hydrogen) atoms. The van der Waals surface area contributed by atoms with Crippen molar-refractivity contribution in [2.45, 2.75) is 39.6 Å². The fraction of sp³-hybridized carbons (Fsp3) is 0.438. The molecule has 0 aliphatic rings. The lowest BCUT2D eigenvalue weighted by Crippen LogP contribution is -2.16. The summed E-state index contributed by atoms with van der Waals surface area (Å²) >= 11 is 1.46. The Labute approximate surface area is 129 Å². The van der Waals surface area contributed by atoms with Crippen molar-refractivity contribution in [3.8, 4) is 5.75 Å². The van der Waals surface area contributed by atoms with E-state index >= 15 is 0 Å². The lowest BCUT2D eigenvalue weighted by Gasteiger charge is -2.16. The summed E-state index contributed by atoms with van der Waals surface area (Å²) < 4.78 is 10.9. The van der Waals surface area contributed by atoms with E-state index in [-0.39, 0.29) is 0 Å². The van der Waals surface area contributed by atoms with E-state index in [0.717, 1.165) is 26.9 Å². The van der Waals surface area contributed by atoms with Gasteiger partial charge in [-0.15, -0.1) is 11.3 Å². The Morgan fingerprint density at radius 1 is 1.29 bits per heavy atom. The molecule has 1 N–H and O–H groups in total. The van der Waals surface area contributed by atoms with Crippen molar-refractivity contribution in [2.75, 3.05) is 7.11 Å². The van der Waals surface area contributed by atoms with Crippen molar-refractivity contribution < 1.29 is 14.6 Å². The number of aromatic nitrogens is 1. The van der Waals surface area contributed by atoms with Gasteiger partial charge < -0.3 is 14.6 Å². The van der Waals surface area contributed by atoms with Gasteiger partial charge in [-0.3, -0.25) is 0 Å². The number of aliphatic hydroxyl groups is 1. The van der Waals surface area contributed by atoms with Crippen LogP contribution in [0.2, 0.25) is 0 Å². The van der Waals surface area contributed by atoms with E-state index < -0.39 is 5.60 Å². The minimum absolute atomic E-state index is 0.389. The molecule has 2 rings (SSSR count). The highest BCUT2D eigenvalue weighted by Crippen LogP contribution is 2.31. The first kappa shape index (κ1) is 15.9. The van der Waals surface area contributed by atoms with Crippen LogP contribution in [-0.4, -0.2) is 17.2 Å². The maximum absolute atomic E-state index is 10.2. The van der Waals surface area contributed by atoms with Gasteiger partial charge in [0.1, 0.15) is 17.4 Å². The highest BCUT2D eigenvalue weighted by molar-refractivity contribution is 7.11. The van der Waals surface area contributed by atoms with E-state index in [1.807, 2.05) is 31.2 Å². The van der Waals surface area contributed by atoms with Crippen LogP contribution >= 0.6 is 11.3 Å². The zero-order valence-electron chi connectivity index (χ0n) is 12.8. The van der Waals surface area contributed by atoms with E-state index in [9.17, 15) is 5.11 Å². The fourth-order valence-electron chi connectivity index (χ4n) is 2.03. The molecule has 0 fully saturated rings. The standard InChI is InChI=1S/C16H21NO3S/c1-11-6-5-7-12(8-11)20-10-14-17-13(9-19-4)15(21-14)16(2,3)18/h5-8,18H,9-10H2,1-4H3. The van der Waals surface area contributed by atoms with Crippen LogP contribution in [0.3, 0.4) is 0 Å². The summed E-state index contributed by atoms with van der Waals surface area (Å²) in [6, 6.07) is 7.90. The number of nitrogens with zero attached hydrogens (tertiary/aromatic N) is 1. The molecule has 0 aliphatic heterocycles. The van der Waals surface area contributed by atoms with E-state index in [1.54, 1.807) is 21.0 Å². The lowest BCUT2D eigenvalue weighted by atomic mass is 10.1. The quantitative estimate of drug-likeness (QED) is 0.888. The van der Waals surface area contributed by atoms with Crippen LogP contribution in [0.25, 0.3) is 0 Å². The van der Waals surface area contributed by atoms with Crippen molar-refractivity contribution in [2.24, 2.45) is 0 Å².